The molecule has 1 fully saturated rings. The molecule has 1 aliphatic heterocycles. The van der Waals surface area contributed by atoms with Crippen molar-refractivity contribution in [2.75, 3.05) is 6.54 Å². The van der Waals surface area contributed by atoms with Crippen LogP contribution in [0.5, 0.6) is 0 Å². The number of hydrogen-bond acceptors (Lipinski definition) is 1. The molecule has 1 amide bonds. The highest BCUT2D eigenvalue weighted by Crippen LogP contribution is 2.21. The Labute approximate surface area is 117 Å². The first kappa shape index (κ1) is 12.9. The van der Waals surface area contributed by atoms with Crippen LogP contribution in [0.2, 0.25) is 0 Å². The second-order valence-electron chi connectivity index (χ2n) is 4.68. The zero-order valence-electron chi connectivity index (χ0n) is 10.2. The van der Waals surface area contributed by atoms with Crippen molar-refractivity contribution in [3.05, 3.63) is 33.4 Å². The zero-order valence-corrected chi connectivity index (χ0v) is 12.3. The van der Waals surface area contributed by atoms with Crippen LogP contribution in [-0.4, -0.2) is 23.4 Å². The second kappa shape index (κ2) is 5.85. The second-order valence-corrected chi connectivity index (χ2v) is 5.84. The van der Waals surface area contributed by atoms with Crippen molar-refractivity contribution in [1.82, 2.24) is 4.90 Å². The van der Waals surface area contributed by atoms with Gasteiger partial charge in [0.15, 0.2) is 0 Å². The molecule has 0 bridgehead atoms. The van der Waals surface area contributed by atoms with E-state index in [4.69, 9.17) is 0 Å². The number of benzene rings is 1. The van der Waals surface area contributed by atoms with E-state index < -0.39 is 0 Å². The molecule has 1 unspecified atom stereocenters. The van der Waals surface area contributed by atoms with Crippen molar-refractivity contribution < 1.29 is 4.79 Å². The molecule has 1 heterocycles. The third-order valence-corrected chi connectivity index (χ3v) is 4.36. The highest BCUT2D eigenvalue weighted by molar-refractivity contribution is 14.1. The van der Waals surface area contributed by atoms with Crippen LogP contribution in [0.3, 0.4) is 0 Å². The van der Waals surface area contributed by atoms with E-state index in [-0.39, 0.29) is 5.91 Å². The number of nitrogens with zero attached hydrogens (tertiary/aromatic N) is 1. The maximum absolute atomic E-state index is 12.5. The lowest BCUT2D eigenvalue weighted by Crippen LogP contribution is -2.38. The fourth-order valence-electron chi connectivity index (χ4n) is 2.37. The Morgan fingerprint density at radius 1 is 1.29 bits per heavy atom. The summed E-state index contributed by atoms with van der Waals surface area (Å²) < 4.78 is 1.05. The summed E-state index contributed by atoms with van der Waals surface area (Å²) in [5.41, 5.74) is 0.849. The van der Waals surface area contributed by atoms with Gasteiger partial charge in [0.05, 0.1) is 5.56 Å². The van der Waals surface area contributed by atoms with Crippen molar-refractivity contribution in [3.63, 3.8) is 0 Å². The third-order valence-electron chi connectivity index (χ3n) is 3.42. The standard InChI is InChI=1S/C14H18INO/c1-11-7-3-2-6-10-16(11)14(17)12-8-4-5-9-13(12)15/h4-5,8-9,11H,2-3,6-7,10H2,1H3. The van der Waals surface area contributed by atoms with Crippen LogP contribution in [0, 0.1) is 3.57 Å². The van der Waals surface area contributed by atoms with Gasteiger partial charge in [-0.05, 0) is 54.5 Å². The van der Waals surface area contributed by atoms with Crippen LogP contribution in [-0.2, 0) is 0 Å². The van der Waals surface area contributed by atoms with Gasteiger partial charge >= 0.3 is 0 Å². The Kier molecular flexibility index (Phi) is 4.42. The van der Waals surface area contributed by atoms with Crippen LogP contribution >= 0.6 is 22.6 Å². The largest absolute Gasteiger partial charge is 0.336 e. The number of amides is 1. The summed E-state index contributed by atoms with van der Waals surface area (Å²) in [4.78, 5) is 14.6. The molecule has 1 aliphatic rings. The number of hydrogen-bond donors (Lipinski definition) is 0. The van der Waals surface area contributed by atoms with Crippen LogP contribution in [0.4, 0.5) is 0 Å². The maximum Gasteiger partial charge on any atom is 0.255 e. The zero-order chi connectivity index (χ0) is 12.3. The molecule has 1 saturated heterocycles. The molecule has 0 N–H and O–H groups in total. The van der Waals surface area contributed by atoms with Gasteiger partial charge in [-0.15, -0.1) is 0 Å². The van der Waals surface area contributed by atoms with E-state index in [1.54, 1.807) is 0 Å². The first-order valence-corrected chi connectivity index (χ1v) is 7.33. The van der Waals surface area contributed by atoms with Crippen LogP contribution in [0.15, 0.2) is 24.3 Å². The molecular formula is C14H18INO. The minimum absolute atomic E-state index is 0.199. The molecule has 0 radical (unpaired) electrons. The predicted octanol–water partition coefficient (Wildman–Crippen LogP) is 3.70. The maximum atomic E-state index is 12.5. The van der Waals surface area contributed by atoms with E-state index >= 15 is 0 Å². The Morgan fingerprint density at radius 2 is 2.06 bits per heavy atom. The van der Waals surface area contributed by atoms with E-state index in [1.807, 2.05) is 29.2 Å². The summed E-state index contributed by atoms with van der Waals surface area (Å²) in [6.45, 7) is 3.07. The molecule has 0 aromatic heterocycles. The molecule has 1 atom stereocenters. The van der Waals surface area contributed by atoms with Gasteiger partial charge in [0.25, 0.3) is 5.91 Å². The van der Waals surface area contributed by atoms with Gasteiger partial charge in [-0.2, -0.15) is 0 Å². The Bertz CT molecular complexity index is 405. The SMILES string of the molecule is CC1CCCCCN1C(=O)c1ccccc1I. The van der Waals surface area contributed by atoms with Crippen LogP contribution in [0.1, 0.15) is 43.0 Å². The Morgan fingerprint density at radius 3 is 2.82 bits per heavy atom. The average Bonchev–Trinajstić information content (AvgIpc) is 2.54. The number of carbonyl (C=O) groups excluding carboxylic acids is 1. The van der Waals surface area contributed by atoms with Gasteiger partial charge in [0.2, 0.25) is 0 Å². The minimum atomic E-state index is 0.199. The first-order chi connectivity index (χ1) is 8.20. The van der Waals surface area contributed by atoms with E-state index in [2.05, 4.69) is 29.5 Å². The fourth-order valence-corrected chi connectivity index (χ4v) is 2.98. The molecule has 0 aliphatic carbocycles. The fraction of sp³-hybridized carbons (Fsp3) is 0.500. The lowest BCUT2D eigenvalue weighted by atomic mass is 10.1. The van der Waals surface area contributed by atoms with Crippen molar-refractivity contribution in [2.24, 2.45) is 0 Å². The molecule has 2 rings (SSSR count). The topological polar surface area (TPSA) is 20.3 Å². The minimum Gasteiger partial charge on any atom is -0.336 e. The summed E-state index contributed by atoms with van der Waals surface area (Å²) in [6, 6.07) is 8.22. The third kappa shape index (κ3) is 3.00. The van der Waals surface area contributed by atoms with E-state index in [0.29, 0.717) is 6.04 Å². The molecule has 3 heteroatoms. The van der Waals surface area contributed by atoms with Gasteiger partial charge in [0.1, 0.15) is 0 Å². The summed E-state index contributed by atoms with van der Waals surface area (Å²) in [6.07, 6.45) is 4.77. The normalized spacial score (nSPS) is 21.1. The van der Waals surface area contributed by atoms with Gasteiger partial charge in [-0.1, -0.05) is 25.0 Å². The number of carbonyl (C=O) groups is 1. The Hall–Kier alpha value is -0.580. The van der Waals surface area contributed by atoms with E-state index in [0.717, 1.165) is 28.5 Å². The van der Waals surface area contributed by atoms with Crippen molar-refractivity contribution in [3.8, 4) is 0 Å². The molecule has 2 nitrogen and oxygen atoms in total. The van der Waals surface area contributed by atoms with Gasteiger partial charge in [0, 0.05) is 16.2 Å². The summed E-state index contributed by atoms with van der Waals surface area (Å²) >= 11 is 2.24. The number of rotatable bonds is 1. The monoisotopic (exact) mass is 343 g/mol. The smallest absolute Gasteiger partial charge is 0.255 e. The number of likely N-dealkylation sites (tertiary alicyclic amines) is 1. The van der Waals surface area contributed by atoms with Crippen molar-refractivity contribution in [2.45, 2.75) is 38.6 Å². The lowest BCUT2D eigenvalue weighted by molar-refractivity contribution is 0.0697. The van der Waals surface area contributed by atoms with Crippen molar-refractivity contribution in [1.29, 1.82) is 0 Å². The molecule has 17 heavy (non-hydrogen) atoms. The van der Waals surface area contributed by atoms with Crippen LogP contribution < -0.4 is 0 Å². The molecular weight excluding hydrogens is 325 g/mol. The highest BCUT2D eigenvalue weighted by atomic mass is 127. The predicted molar refractivity (Wildman–Crippen MR) is 78.1 cm³/mol. The molecule has 1 aromatic rings. The first-order valence-electron chi connectivity index (χ1n) is 6.25. The summed E-state index contributed by atoms with van der Waals surface area (Å²) in [7, 11) is 0. The Balaban J connectivity index is 2.21. The highest BCUT2D eigenvalue weighted by Gasteiger charge is 2.23. The summed E-state index contributed by atoms with van der Waals surface area (Å²) in [5.74, 6) is 0.199. The van der Waals surface area contributed by atoms with Crippen molar-refractivity contribution >= 4 is 28.5 Å². The molecule has 0 saturated carbocycles. The molecule has 1 aromatic carbocycles. The average molecular weight is 343 g/mol. The van der Waals surface area contributed by atoms with E-state index in [1.165, 1.54) is 12.8 Å². The number of halogens is 1. The van der Waals surface area contributed by atoms with Crippen LogP contribution in [0.25, 0.3) is 0 Å². The molecule has 0 spiro atoms. The quantitative estimate of drug-likeness (QED) is 0.712. The molecule has 92 valence electrons. The van der Waals surface area contributed by atoms with Gasteiger partial charge < -0.3 is 4.90 Å². The van der Waals surface area contributed by atoms with Gasteiger partial charge in [-0.3, -0.25) is 4.79 Å². The lowest BCUT2D eigenvalue weighted by Gasteiger charge is -2.27. The summed E-state index contributed by atoms with van der Waals surface area (Å²) in [5, 5.41) is 0. The van der Waals surface area contributed by atoms with E-state index in [9.17, 15) is 4.79 Å². The van der Waals surface area contributed by atoms with Gasteiger partial charge in [-0.25, -0.2) is 0 Å².